The van der Waals surface area contributed by atoms with Crippen LogP contribution in [0, 0.1) is 5.92 Å². The van der Waals surface area contributed by atoms with Gasteiger partial charge in [-0.15, -0.1) is 0 Å². The summed E-state index contributed by atoms with van der Waals surface area (Å²) in [5.74, 6) is 0.0658. The second-order valence-corrected chi connectivity index (χ2v) is 5.25. The van der Waals surface area contributed by atoms with Gasteiger partial charge in [0, 0.05) is 19.1 Å². The number of ether oxygens (including phenoxy) is 4. The lowest BCUT2D eigenvalue weighted by Gasteiger charge is -2.09. The lowest BCUT2D eigenvalue weighted by Crippen LogP contribution is -2.31. The van der Waals surface area contributed by atoms with E-state index >= 15 is 0 Å². The Morgan fingerprint density at radius 2 is 1.12 bits per heavy atom. The minimum absolute atomic E-state index is 0.0142. The lowest BCUT2D eigenvalue weighted by atomic mass is 10.2. The van der Waals surface area contributed by atoms with Crippen LogP contribution in [0.1, 0.15) is 61.3 Å². The van der Waals surface area contributed by atoms with Crippen LogP contribution in [0.25, 0.3) is 0 Å². The predicted octanol–water partition coefficient (Wildman–Crippen LogP) is 3.68. The van der Waals surface area contributed by atoms with Crippen molar-refractivity contribution in [2.24, 2.45) is 5.92 Å². The molecule has 0 spiro atoms. The Morgan fingerprint density at radius 3 is 1.50 bits per heavy atom. The molecule has 0 saturated carbocycles. The van der Waals surface area contributed by atoms with Crippen molar-refractivity contribution in [2.75, 3.05) is 59.4 Å². The molecule has 0 saturated heterocycles. The van der Waals surface area contributed by atoms with E-state index in [1.165, 1.54) is 0 Å². The van der Waals surface area contributed by atoms with Crippen molar-refractivity contribution in [3.8, 4) is 0 Å². The molecule has 0 aromatic rings. The van der Waals surface area contributed by atoms with Crippen LogP contribution >= 0.6 is 0 Å². The maximum absolute atomic E-state index is 11.3. The highest BCUT2D eigenvalue weighted by molar-refractivity contribution is 5.77. The first kappa shape index (κ1) is 30.1. The van der Waals surface area contributed by atoms with Gasteiger partial charge in [-0.05, 0) is 6.42 Å². The number of rotatable bonds is 16. The first-order valence-electron chi connectivity index (χ1n) is 10.3. The molecule has 0 unspecified atom stereocenters. The van der Waals surface area contributed by atoms with Crippen LogP contribution < -0.4 is 5.32 Å². The summed E-state index contributed by atoms with van der Waals surface area (Å²) in [7, 11) is 0. The molecule has 6 heteroatoms. The van der Waals surface area contributed by atoms with Crippen LogP contribution in [-0.4, -0.2) is 65.3 Å². The van der Waals surface area contributed by atoms with E-state index in [1.807, 2.05) is 41.5 Å². The zero-order valence-electron chi connectivity index (χ0n) is 18.4. The molecule has 0 aliphatic heterocycles. The van der Waals surface area contributed by atoms with E-state index in [4.69, 9.17) is 18.9 Å². The number of carbonyl (C=O) groups is 1. The largest absolute Gasteiger partial charge is 0.379 e. The van der Waals surface area contributed by atoms with Gasteiger partial charge in [0.05, 0.1) is 46.2 Å². The molecule has 0 fully saturated rings. The average molecular weight is 380 g/mol. The number of hydrogen-bond donors (Lipinski definition) is 1. The molecule has 1 N–H and O–H groups in total. The van der Waals surface area contributed by atoms with E-state index in [1.54, 1.807) is 0 Å². The Kier molecular flexibility index (Phi) is 33.6. The van der Waals surface area contributed by atoms with Crippen LogP contribution in [0.4, 0.5) is 0 Å². The summed E-state index contributed by atoms with van der Waals surface area (Å²) < 4.78 is 21.5. The Bertz CT molecular complexity index is 250. The van der Waals surface area contributed by atoms with Gasteiger partial charge in [0.2, 0.25) is 5.91 Å². The second kappa shape index (κ2) is 29.1. The third-order valence-electron chi connectivity index (χ3n) is 2.83. The molecule has 0 radical (unpaired) electrons. The van der Waals surface area contributed by atoms with Crippen molar-refractivity contribution in [1.29, 1.82) is 0 Å². The summed E-state index contributed by atoms with van der Waals surface area (Å²) in [6.07, 6.45) is 2.26. The molecule has 1 amide bonds. The molecule has 0 bridgehead atoms. The van der Waals surface area contributed by atoms with E-state index in [0.29, 0.717) is 52.8 Å². The fraction of sp³-hybridized carbons (Fsp3) is 0.950. The van der Waals surface area contributed by atoms with Crippen molar-refractivity contribution >= 4 is 5.91 Å². The Balaban J connectivity index is -0.00000123. The normalized spacial score (nSPS) is 9.85. The number of hydrogen-bond acceptors (Lipinski definition) is 5. The fourth-order valence-electron chi connectivity index (χ4n) is 1.46. The Labute approximate surface area is 162 Å². The van der Waals surface area contributed by atoms with Gasteiger partial charge in [-0.25, -0.2) is 0 Å². The van der Waals surface area contributed by atoms with Crippen LogP contribution in [0.15, 0.2) is 0 Å². The molecule has 0 atom stereocenters. The van der Waals surface area contributed by atoms with Crippen molar-refractivity contribution in [3.05, 3.63) is 0 Å². The second-order valence-electron chi connectivity index (χ2n) is 5.25. The lowest BCUT2D eigenvalue weighted by molar-refractivity contribution is -0.124. The van der Waals surface area contributed by atoms with Gasteiger partial charge in [0.15, 0.2) is 0 Å². The average Bonchev–Trinajstić information content (AvgIpc) is 2.67. The van der Waals surface area contributed by atoms with Crippen LogP contribution in [0.5, 0.6) is 0 Å². The summed E-state index contributed by atoms with van der Waals surface area (Å²) in [4.78, 5) is 11.3. The highest BCUT2D eigenvalue weighted by Gasteiger charge is 2.04. The van der Waals surface area contributed by atoms with Crippen molar-refractivity contribution < 1.29 is 23.7 Å². The van der Waals surface area contributed by atoms with Gasteiger partial charge < -0.3 is 24.3 Å². The number of carbonyl (C=O) groups excluding carboxylic acids is 1. The monoisotopic (exact) mass is 379 g/mol. The standard InChI is InChI=1S/C16H33NO5.2C2H6/c1-4-5-7-19-9-11-21-13-14-22-12-10-20-8-6-17-16(18)15(2)3;2*1-2/h15H,4-14H2,1-3H3,(H,17,18);2*1-2H3. The summed E-state index contributed by atoms with van der Waals surface area (Å²) in [5.41, 5.74) is 0. The molecule has 0 aliphatic carbocycles. The third-order valence-corrected chi connectivity index (χ3v) is 2.83. The molecule has 0 aliphatic rings. The van der Waals surface area contributed by atoms with Crippen molar-refractivity contribution in [1.82, 2.24) is 5.32 Å². The maximum Gasteiger partial charge on any atom is 0.222 e. The van der Waals surface area contributed by atoms with Gasteiger partial charge in [0.1, 0.15) is 0 Å². The first-order chi connectivity index (χ1) is 12.7. The molecular formula is C20H45NO5. The zero-order valence-corrected chi connectivity index (χ0v) is 18.4. The van der Waals surface area contributed by atoms with E-state index < -0.39 is 0 Å². The molecule has 0 aromatic heterocycles. The predicted molar refractivity (Wildman–Crippen MR) is 109 cm³/mol. The van der Waals surface area contributed by atoms with Crippen LogP contribution in [-0.2, 0) is 23.7 Å². The van der Waals surface area contributed by atoms with Gasteiger partial charge in [-0.1, -0.05) is 54.9 Å². The Hall–Kier alpha value is -0.690. The highest BCUT2D eigenvalue weighted by Crippen LogP contribution is 1.90. The van der Waals surface area contributed by atoms with E-state index in [0.717, 1.165) is 19.4 Å². The van der Waals surface area contributed by atoms with Gasteiger partial charge >= 0.3 is 0 Å². The third kappa shape index (κ3) is 28.1. The minimum Gasteiger partial charge on any atom is -0.379 e. The summed E-state index contributed by atoms with van der Waals surface area (Å²) >= 11 is 0. The zero-order chi connectivity index (χ0) is 20.5. The highest BCUT2D eigenvalue weighted by atomic mass is 16.6. The molecule has 160 valence electrons. The topological polar surface area (TPSA) is 66.0 Å². The van der Waals surface area contributed by atoms with E-state index in [-0.39, 0.29) is 11.8 Å². The summed E-state index contributed by atoms with van der Waals surface area (Å²) in [6, 6.07) is 0. The number of unbranched alkanes of at least 4 members (excludes halogenated alkanes) is 1. The van der Waals surface area contributed by atoms with Crippen molar-refractivity contribution in [2.45, 2.75) is 61.3 Å². The number of nitrogens with one attached hydrogen (secondary N) is 1. The van der Waals surface area contributed by atoms with E-state index in [2.05, 4.69) is 12.2 Å². The van der Waals surface area contributed by atoms with Gasteiger partial charge in [-0.2, -0.15) is 0 Å². The molecular weight excluding hydrogens is 334 g/mol. The van der Waals surface area contributed by atoms with Gasteiger partial charge in [-0.3, -0.25) is 4.79 Å². The van der Waals surface area contributed by atoms with Crippen LogP contribution in [0.3, 0.4) is 0 Å². The molecule has 26 heavy (non-hydrogen) atoms. The fourth-order valence-corrected chi connectivity index (χ4v) is 1.46. The quantitative estimate of drug-likeness (QED) is 0.414. The van der Waals surface area contributed by atoms with E-state index in [9.17, 15) is 4.79 Å². The smallest absolute Gasteiger partial charge is 0.222 e. The summed E-state index contributed by atoms with van der Waals surface area (Å²) in [5, 5.41) is 2.79. The minimum atomic E-state index is 0.0142. The SMILES string of the molecule is CC.CC.CCCCOCCOCCOCCOCCNC(=O)C(C)C. The maximum atomic E-state index is 11.3. The number of amides is 1. The molecule has 0 heterocycles. The Morgan fingerprint density at radius 1 is 0.731 bits per heavy atom. The first-order valence-corrected chi connectivity index (χ1v) is 10.3. The van der Waals surface area contributed by atoms with Crippen LogP contribution in [0.2, 0.25) is 0 Å². The summed E-state index contributed by atoms with van der Waals surface area (Å²) in [6.45, 7) is 19.2. The molecule has 6 nitrogen and oxygen atoms in total. The van der Waals surface area contributed by atoms with Crippen molar-refractivity contribution in [3.63, 3.8) is 0 Å². The van der Waals surface area contributed by atoms with Gasteiger partial charge in [0.25, 0.3) is 0 Å². The molecule has 0 rings (SSSR count). The molecule has 0 aromatic carbocycles.